The molecule has 0 unspecified atom stereocenters. The van der Waals surface area contributed by atoms with E-state index in [1.807, 2.05) is 0 Å². The smallest absolute Gasteiger partial charge is 0.252 e. The maximum absolute atomic E-state index is 11.1. The van der Waals surface area contributed by atoms with Crippen molar-refractivity contribution >= 4 is 11.6 Å². The molecule has 1 heterocycles. The fourth-order valence-corrected chi connectivity index (χ4v) is 1.70. The van der Waals surface area contributed by atoms with Gasteiger partial charge in [-0.1, -0.05) is 6.42 Å². The molecule has 1 aromatic rings. The van der Waals surface area contributed by atoms with Gasteiger partial charge in [-0.3, -0.25) is 9.78 Å². The summed E-state index contributed by atoms with van der Waals surface area (Å²) in [6.45, 7) is 0.921. The Bertz CT molecular complexity index is 361. The lowest BCUT2D eigenvalue weighted by Gasteiger charge is -2.26. The second kappa shape index (κ2) is 4.29. The highest BCUT2D eigenvalue weighted by Gasteiger charge is 2.17. The van der Waals surface area contributed by atoms with E-state index in [0.29, 0.717) is 5.56 Å². The molecule has 1 aliphatic rings. The first kappa shape index (κ1) is 9.96. The van der Waals surface area contributed by atoms with Gasteiger partial charge in [0.1, 0.15) is 0 Å². The number of rotatable bonds is 4. The maximum atomic E-state index is 11.1. The molecular formula is C11H15N3O. The summed E-state index contributed by atoms with van der Waals surface area (Å²) in [6, 6.07) is 1.79. The van der Waals surface area contributed by atoms with E-state index in [-0.39, 0.29) is 0 Å². The highest BCUT2D eigenvalue weighted by atomic mass is 16.1. The molecule has 0 bridgehead atoms. The molecule has 1 fully saturated rings. The molecule has 0 atom stereocenters. The average Bonchev–Trinajstić information content (AvgIpc) is 2.16. The van der Waals surface area contributed by atoms with Crippen LogP contribution in [0.1, 0.15) is 29.6 Å². The Labute approximate surface area is 88.9 Å². The predicted molar refractivity (Wildman–Crippen MR) is 58.6 cm³/mol. The van der Waals surface area contributed by atoms with E-state index >= 15 is 0 Å². The van der Waals surface area contributed by atoms with Crippen LogP contribution in [0.3, 0.4) is 0 Å². The first-order valence-corrected chi connectivity index (χ1v) is 5.25. The summed E-state index contributed by atoms with van der Waals surface area (Å²) < 4.78 is 0. The van der Waals surface area contributed by atoms with E-state index in [2.05, 4.69) is 10.3 Å². The van der Waals surface area contributed by atoms with E-state index in [0.717, 1.165) is 18.2 Å². The van der Waals surface area contributed by atoms with Crippen molar-refractivity contribution < 1.29 is 4.79 Å². The van der Waals surface area contributed by atoms with Gasteiger partial charge >= 0.3 is 0 Å². The van der Waals surface area contributed by atoms with Gasteiger partial charge in [-0.05, 0) is 24.8 Å². The number of primary amides is 1. The van der Waals surface area contributed by atoms with Gasteiger partial charge in [0.05, 0.1) is 11.3 Å². The molecule has 0 radical (unpaired) electrons. The van der Waals surface area contributed by atoms with Crippen LogP contribution in [0.2, 0.25) is 0 Å². The number of carbonyl (C=O) groups is 1. The van der Waals surface area contributed by atoms with Gasteiger partial charge in [0, 0.05) is 18.9 Å². The Morgan fingerprint density at radius 2 is 2.40 bits per heavy atom. The zero-order valence-electron chi connectivity index (χ0n) is 8.57. The van der Waals surface area contributed by atoms with E-state index in [1.54, 1.807) is 12.3 Å². The summed E-state index contributed by atoms with van der Waals surface area (Å²) in [7, 11) is 0. The number of anilines is 1. The summed E-state index contributed by atoms with van der Waals surface area (Å²) in [5, 5.41) is 3.26. The predicted octanol–water partition coefficient (Wildman–Crippen LogP) is 1.39. The lowest BCUT2D eigenvalue weighted by molar-refractivity contribution is 0.100. The SMILES string of the molecule is NC(=O)c1cnccc1NCC1CCC1. The van der Waals surface area contributed by atoms with Crippen molar-refractivity contribution in [2.75, 3.05) is 11.9 Å². The minimum Gasteiger partial charge on any atom is -0.384 e. The number of nitrogens with zero attached hydrogens (tertiary/aromatic N) is 1. The molecule has 1 saturated carbocycles. The van der Waals surface area contributed by atoms with Crippen LogP contribution < -0.4 is 11.1 Å². The maximum Gasteiger partial charge on any atom is 0.252 e. The van der Waals surface area contributed by atoms with Crippen LogP contribution in [0.4, 0.5) is 5.69 Å². The second-order valence-corrected chi connectivity index (χ2v) is 3.96. The fourth-order valence-electron chi connectivity index (χ4n) is 1.70. The van der Waals surface area contributed by atoms with E-state index in [9.17, 15) is 4.79 Å². The topological polar surface area (TPSA) is 68.0 Å². The molecule has 3 N–H and O–H groups in total. The largest absolute Gasteiger partial charge is 0.384 e. The van der Waals surface area contributed by atoms with E-state index in [1.165, 1.54) is 25.5 Å². The van der Waals surface area contributed by atoms with Crippen molar-refractivity contribution in [2.24, 2.45) is 11.7 Å². The van der Waals surface area contributed by atoms with Crippen molar-refractivity contribution in [2.45, 2.75) is 19.3 Å². The van der Waals surface area contributed by atoms with Crippen LogP contribution in [0.25, 0.3) is 0 Å². The zero-order valence-corrected chi connectivity index (χ0v) is 8.57. The molecule has 2 rings (SSSR count). The normalized spacial score (nSPS) is 15.7. The molecule has 4 nitrogen and oxygen atoms in total. The second-order valence-electron chi connectivity index (χ2n) is 3.96. The van der Waals surface area contributed by atoms with Crippen molar-refractivity contribution in [3.8, 4) is 0 Å². The van der Waals surface area contributed by atoms with Crippen LogP contribution >= 0.6 is 0 Å². The molecule has 0 aromatic carbocycles. The van der Waals surface area contributed by atoms with Crippen molar-refractivity contribution in [3.63, 3.8) is 0 Å². The molecule has 1 amide bonds. The lowest BCUT2D eigenvalue weighted by Crippen LogP contribution is -2.22. The minimum absolute atomic E-state index is 0.431. The molecule has 0 spiro atoms. The molecule has 0 saturated heterocycles. The number of hydrogen-bond acceptors (Lipinski definition) is 3. The van der Waals surface area contributed by atoms with E-state index < -0.39 is 5.91 Å². The minimum atomic E-state index is -0.431. The van der Waals surface area contributed by atoms with Gasteiger partial charge in [0.25, 0.3) is 5.91 Å². The van der Waals surface area contributed by atoms with Gasteiger partial charge < -0.3 is 11.1 Å². The number of nitrogens with two attached hydrogens (primary N) is 1. The zero-order chi connectivity index (χ0) is 10.7. The van der Waals surface area contributed by atoms with Gasteiger partial charge in [-0.15, -0.1) is 0 Å². The van der Waals surface area contributed by atoms with Crippen molar-refractivity contribution in [1.82, 2.24) is 4.98 Å². The number of carbonyl (C=O) groups excluding carboxylic acids is 1. The lowest BCUT2D eigenvalue weighted by atomic mass is 9.85. The van der Waals surface area contributed by atoms with Crippen LogP contribution in [-0.2, 0) is 0 Å². The highest BCUT2D eigenvalue weighted by molar-refractivity contribution is 5.98. The molecular weight excluding hydrogens is 190 g/mol. The van der Waals surface area contributed by atoms with Crippen LogP contribution in [0.15, 0.2) is 18.5 Å². The number of pyridine rings is 1. The van der Waals surface area contributed by atoms with Crippen LogP contribution in [0, 0.1) is 5.92 Å². The third kappa shape index (κ3) is 2.26. The Hall–Kier alpha value is -1.58. The summed E-state index contributed by atoms with van der Waals surface area (Å²) in [6.07, 6.45) is 7.06. The van der Waals surface area contributed by atoms with Gasteiger partial charge in [0.2, 0.25) is 0 Å². The number of aromatic nitrogens is 1. The Balaban J connectivity index is 2.02. The molecule has 0 aliphatic heterocycles. The van der Waals surface area contributed by atoms with Gasteiger partial charge in [0.15, 0.2) is 0 Å². The standard InChI is InChI=1S/C11H15N3O/c12-11(15)9-7-13-5-4-10(9)14-6-8-2-1-3-8/h4-5,7-8H,1-3,6H2,(H2,12,15)(H,13,14). The molecule has 15 heavy (non-hydrogen) atoms. The summed E-state index contributed by atoms with van der Waals surface area (Å²) in [5.41, 5.74) is 6.51. The Morgan fingerprint density at radius 1 is 1.60 bits per heavy atom. The molecule has 1 aromatic heterocycles. The quantitative estimate of drug-likeness (QED) is 0.780. The van der Waals surface area contributed by atoms with Crippen molar-refractivity contribution in [1.29, 1.82) is 0 Å². The van der Waals surface area contributed by atoms with Crippen LogP contribution in [0.5, 0.6) is 0 Å². The van der Waals surface area contributed by atoms with E-state index in [4.69, 9.17) is 5.73 Å². The molecule has 4 heteroatoms. The third-order valence-corrected chi connectivity index (χ3v) is 2.89. The molecule has 1 aliphatic carbocycles. The first-order valence-electron chi connectivity index (χ1n) is 5.25. The summed E-state index contributed by atoms with van der Waals surface area (Å²) in [5.74, 6) is 0.318. The Kier molecular flexibility index (Phi) is 2.85. The van der Waals surface area contributed by atoms with Gasteiger partial charge in [-0.2, -0.15) is 0 Å². The molecule has 80 valence electrons. The number of nitrogens with one attached hydrogen (secondary N) is 1. The van der Waals surface area contributed by atoms with Gasteiger partial charge in [-0.25, -0.2) is 0 Å². The fraction of sp³-hybridized carbons (Fsp3) is 0.455. The van der Waals surface area contributed by atoms with Crippen LogP contribution in [-0.4, -0.2) is 17.4 Å². The summed E-state index contributed by atoms with van der Waals surface area (Å²) in [4.78, 5) is 15.0. The third-order valence-electron chi connectivity index (χ3n) is 2.89. The monoisotopic (exact) mass is 205 g/mol. The highest BCUT2D eigenvalue weighted by Crippen LogP contribution is 2.26. The summed E-state index contributed by atoms with van der Waals surface area (Å²) >= 11 is 0. The number of amides is 1. The first-order chi connectivity index (χ1) is 7.27. The average molecular weight is 205 g/mol. The van der Waals surface area contributed by atoms with Crippen molar-refractivity contribution in [3.05, 3.63) is 24.0 Å². The number of hydrogen-bond donors (Lipinski definition) is 2. The Morgan fingerprint density at radius 3 is 3.00 bits per heavy atom.